The number of hydrogen-bond donors (Lipinski definition) is 4. The van der Waals surface area contributed by atoms with Gasteiger partial charge in [0.25, 0.3) is 17.7 Å². The van der Waals surface area contributed by atoms with Crippen LogP contribution < -0.4 is 21.3 Å². The lowest BCUT2D eigenvalue weighted by atomic mass is 10.1. The van der Waals surface area contributed by atoms with Crippen LogP contribution in [-0.2, 0) is 35.5 Å². The summed E-state index contributed by atoms with van der Waals surface area (Å²) in [6.45, 7) is 3.53. The Labute approximate surface area is 269 Å². The van der Waals surface area contributed by atoms with Crippen LogP contribution >= 0.6 is 0 Å². The van der Waals surface area contributed by atoms with E-state index >= 15 is 0 Å². The van der Waals surface area contributed by atoms with Crippen LogP contribution in [0.3, 0.4) is 0 Å². The Morgan fingerprint density at radius 3 is 1.65 bits per heavy atom. The van der Waals surface area contributed by atoms with Gasteiger partial charge in [-0.05, 0) is 65.0 Å². The average molecular weight is 639 g/mol. The monoisotopic (exact) mass is 638 g/mol. The highest BCUT2D eigenvalue weighted by Gasteiger charge is 2.19. The van der Waals surface area contributed by atoms with Gasteiger partial charge < -0.3 is 44.6 Å². The van der Waals surface area contributed by atoms with Gasteiger partial charge in [-0.15, -0.1) is 0 Å². The summed E-state index contributed by atoms with van der Waals surface area (Å²) in [7, 11) is 9.07. The Kier molecular flexibility index (Phi) is 13.2. The molecule has 4 N–H and O–H groups in total. The van der Waals surface area contributed by atoms with E-state index in [1.54, 1.807) is 78.6 Å². The highest BCUT2D eigenvalue weighted by atomic mass is 16.5. The van der Waals surface area contributed by atoms with E-state index in [0.29, 0.717) is 73.0 Å². The standard InChI is InChI=1S/C32H46N8O6/c1-7-46-29(42)13-10-8-9-12-28(41)34-22-16-26(39(5)19-22)31(44)36-24-18-27(40(6)21-24)32(45)35-23-17-25(38(4)20-23)30(43)33-14-11-15-37(2)3/h16-21H,7-15H2,1-6H3,(H,33,43)(H,34,41)(H,35,45)(H,36,44). The lowest BCUT2D eigenvalue weighted by Gasteiger charge is -2.10. The van der Waals surface area contributed by atoms with Crippen LogP contribution in [0.1, 0.15) is 76.9 Å². The van der Waals surface area contributed by atoms with Gasteiger partial charge in [0, 0.05) is 59.1 Å². The van der Waals surface area contributed by atoms with E-state index in [2.05, 4.69) is 21.3 Å². The Morgan fingerprint density at radius 2 is 1.15 bits per heavy atom. The van der Waals surface area contributed by atoms with Crippen LogP contribution in [0.4, 0.5) is 17.1 Å². The molecule has 0 aliphatic heterocycles. The number of esters is 1. The molecule has 0 saturated carbocycles. The lowest BCUT2D eigenvalue weighted by Crippen LogP contribution is -2.28. The zero-order chi connectivity index (χ0) is 33.8. The molecule has 0 bridgehead atoms. The first kappa shape index (κ1) is 35.6. The number of carbonyl (C=O) groups excluding carboxylic acids is 5. The summed E-state index contributed by atoms with van der Waals surface area (Å²) in [5, 5.41) is 11.3. The van der Waals surface area contributed by atoms with Gasteiger partial charge in [0.05, 0.1) is 23.7 Å². The van der Waals surface area contributed by atoms with E-state index in [0.717, 1.165) is 19.4 Å². The van der Waals surface area contributed by atoms with Crippen molar-refractivity contribution < 1.29 is 28.7 Å². The van der Waals surface area contributed by atoms with Gasteiger partial charge in [-0.1, -0.05) is 6.42 Å². The molecule has 0 atom stereocenters. The van der Waals surface area contributed by atoms with Crippen molar-refractivity contribution >= 4 is 46.7 Å². The fraction of sp³-hybridized carbons (Fsp3) is 0.469. The summed E-state index contributed by atoms with van der Waals surface area (Å²) in [5.74, 6) is -1.46. The van der Waals surface area contributed by atoms with Gasteiger partial charge >= 0.3 is 5.97 Å². The molecule has 0 aliphatic rings. The molecule has 14 heteroatoms. The summed E-state index contributed by atoms with van der Waals surface area (Å²) >= 11 is 0. The molecule has 0 aliphatic carbocycles. The van der Waals surface area contributed by atoms with Crippen LogP contribution in [0.15, 0.2) is 36.8 Å². The second-order valence-electron chi connectivity index (χ2n) is 11.4. The largest absolute Gasteiger partial charge is 0.466 e. The molecule has 0 saturated heterocycles. The van der Waals surface area contributed by atoms with Crippen LogP contribution in [0, 0.1) is 0 Å². The Balaban J connectivity index is 1.52. The fourth-order valence-electron chi connectivity index (χ4n) is 4.84. The minimum absolute atomic E-state index is 0.182. The Bertz CT molecular complexity index is 1530. The number of carbonyl (C=O) groups is 5. The number of amides is 4. The third kappa shape index (κ3) is 10.6. The molecular formula is C32H46N8O6. The SMILES string of the molecule is CCOC(=O)CCCCCC(=O)Nc1cc(C(=O)Nc2cc(C(=O)Nc3cc(C(=O)NCCCN(C)C)n(C)c3)n(C)c2)n(C)c1. The average Bonchev–Trinajstić information content (AvgIpc) is 3.66. The molecule has 0 radical (unpaired) electrons. The number of ether oxygens (including phenoxy) is 1. The van der Waals surface area contributed by atoms with Crippen molar-refractivity contribution in [2.75, 3.05) is 49.7 Å². The maximum absolute atomic E-state index is 13.1. The number of unbranched alkanes of at least 4 members (excludes halogenated alkanes) is 2. The van der Waals surface area contributed by atoms with E-state index in [1.165, 1.54) is 0 Å². The molecule has 0 aromatic carbocycles. The smallest absolute Gasteiger partial charge is 0.305 e. The summed E-state index contributed by atoms with van der Waals surface area (Å²) < 4.78 is 9.75. The molecular weight excluding hydrogens is 592 g/mol. The highest BCUT2D eigenvalue weighted by Crippen LogP contribution is 2.20. The first-order chi connectivity index (χ1) is 21.9. The second-order valence-corrected chi connectivity index (χ2v) is 11.4. The quantitative estimate of drug-likeness (QED) is 0.130. The normalized spacial score (nSPS) is 10.9. The summed E-state index contributed by atoms with van der Waals surface area (Å²) in [6.07, 6.45) is 8.41. The number of aromatic nitrogens is 3. The summed E-state index contributed by atoms with van der Waals surface area (Å²) in [6, 6.07) is 4.75. The van der Waals surface area contributed by atoms with Gasteiger partial charge in [0.2, 0.25) is 5.91 Å². The molecule has 0 spiro atoms. The molecule has 14 nitrogen and oxygen atoms in total. The molecule has 0 unspecified atom stereocenters. The molecule has 3 heterocycles. The number of aryl methyl sites for hydroxylation is 3. The third-order valence-corrected chi connectivity index (χ3v) is 7.17. The molecule has 46 heavy (non-hydrogen) atoms. The van der Waals surface area contributed by atoms with Crippen molar-refractivity contribution in [3.63, 3.8) is 0 Å². The summed E-state index contributed by atoms with van der Waals surface area (Å²) in [5.41, 5.74) is 2.41. The zero-order valence-corrected chi connectivity index (χ0v) is 27.6. The van der Waals surface area contributed by atoms with Crippen LogP contribution in [0.2, 0.25) is 0 Å². The molecule has 3 aromatic rings. The Morgan fingerprint density at radius 1 is 0.674 bits per heavy atom. The number of anilines is 3. The van der Waals surface area contributed by atoms with E-state index < -0.39 is 11.8 Å². The van der Waals surface area contributed by atoms with Crippen LogP contribution in [-0.4, -0.2) is 82.0 Å². The second kappa shape index (κ2) is 17.0. The number of nitrogens with zero attached hydrogens (tertiary/aromatic N) is 4. The van der Waals surface area contributed by atoms with Crippen LogP contribution in [0.5, 0.6) is 0 Å². The van der Waals surface area contributed by atoms with Crippen molar-refractivity contribution in [3.8, 4) is 0 Å². The van der Waals surface area contributed by atoms with E-state index in [1.807, 2.05) is 19.0 Å². The van der Waals surface area contributed by atoms with Gasteiger partial charge in [-0.25, -0.2) is 0 Å². The number of hydrogen-bond acceptors (Lipinski definition) is 7. The molecule has 0 fully saturated rings. The van der Waals surface area contributed by atoms with Gasteiger partial charge in [0.15, 0.2) is 0 Å². The van der Waals surface area contributed by atoms with Gasteiger partial charge in [-0.2, -0.15) is 0 Å². The molecule has 4 amide bonds. The maximum atomic E-state index is 13.1. The van der Waals surface area contributed by atoms with Crippen molar-refractivity contribution in [3.05, 3.63) is 53.9 Å². The first-order valence-electron chi connectivity index (χ1n) is 15.4. The predicted molar refractivity (Wildman–Crippen MR) is 176 cm³/mol. The maximum Gasteiger partial charge on any atom is 0.305 e. The molecule has 250 valence electrons. The van der Waals surface area contributed by atoms with E-state index in [9.17, 15) is 24.0 Å². The van der Waals surface area contributed by atoms with E-state index in [-0.39, 0.29) is 17.8 Å². The van der Waals surface area contributed by atoms with Crippen molar-refractivity contribution in [2.24, 2.45) is 21.1 Å². The lowest BCUT2D eigenvalue weighted by molar-refractivity contribution is -0.143. The van der Waals surface area contributed by atoms with Crippen molar-refractivity contribution in [1.82, 2.24) is 23.9 Å². The highest BCUT2D eigenvalue weighted by molar-refractivity contribution is 6.07. The van der Waals surface area contributed by atoms with E-state index in [4.69, 9.17) is 4.74 Å². The topological polar surface area (TPSA) is 161 Å². The molecule has 3 rings (SSSR count). The number of rotatable bonds is 17. The van der Waals surface area contributed by atoms with Gasteiger partial charge in [-0.3, -0.25) is 24.0 Å². The first-order valence-corrected chi connectivity index (χ1v) is 15.4. The zero-order valence-electron chi connectivity index (χ0n) is 27.6. The Hall–Kier alpha value is -4.85. The third-order valence-electron chi connectivity index (χ3n) is 7.17. The van der Waals surface area contributed by atoms with Crippen LogP contribution in [0.25, 0.3) is 0 Å². The minimum atomic E-state index is -0.413. The summed E-state index contributed by atoms with van der Waals surface area (Å²) in [4.78, 5) is 64.6. The minimum Gasteiger partial charge on any atom is -0.466 e. The van der Waals surface area contributed by atoms with Crippen molar-refractivity contribution in [1.29, 1.82) is 0 Å². The van der Waals surface area contributed by atoms with Crippen molar-refractivity contribution in [2.45, 2.75) is 45.4 Å². The van der Waals surface area contributed by atoms with Gasteiger partial charge in [0.1, 0.15) is 17.1 Å². The predicted octanol–water partition coefficient (Wildman–Crippen LogP) is 3.34. The number of nitrogens with one attached hydrogen (secondary N) is 4. The molecule has 3 aromatic heterocycles. The fourth-order valence-corrected chi connectivity index (χ4v) is 4.84.